The summed E-state index contributed by atoms with van der Waals surface area (Å²) < 4.78 is 11.4. The predicted molar refractivity (Wildman–Crippen MR) is 87.3 cm³/mol. The monoisotopic (exact) mass is 296 g/mol. The molecule has 1 aromatic carbocycles. The van der Waals surface area contributed by atoms with E-state index >= 15 is 0 Å². The van der Waals surface area contributed by atoms with E-state index in [-0.39, 0.29) is 0 Å². The number of unbranched alkanes of at least 4 members (excludes halogenated alkanes) is 1. The Labute approximate surface area is 130 Å². The molecule has 0 radical (unpaired) electrons. The van der Waals surface area contributed by atoms with Gasteiger partial charge in [0.05, 0.1) is 12.8 Å². The van der Waals surface area contributed by atoms with Crippen molar-refractivity contribution in [3.8, 4) is 11.5 Å². The maximum atomic E-state index is 5.79. The second kappa shape index (κ2) is 6.98. The summed E-state index contributed by atoms with van der Waals surface area (Å²) in [7, 11) is 0. The topological polar surface area (TPSA) is 47.1 Å². The molecule has 0 aliphatic rings. The van der Waals surface area contributed by atoms with Crippen LogP contribution >= 0.6 is 0 Å². The number of H-pyrrole nitrogens is 1. The average Bonchev–Trinajstić information content (AvgIpc) is 3.02. The number of aromatic amines is 1. The van der Waals surface area contributed by atoms with Crippen LogP contribution in [-0.2, 0) is 6.61 Å². The molecule has 2 aromatic heterocycles. The van der Waals surface area contributed by atoms with Crippen molar-refractivity contribution in [1.29, 1.82) is 0 Å². The van der Waals surface area contributed by atoms with Gasteiger partial charge in [0.15, 0.2) is 0 Å². The van der Waals surface area contributed by atoms with Gasteiger partial charge in [-0.15, -0.1) is 0 Å². The van der Waals surface area contributed by atoms with Gasteiger partial charge in [0.2, 0.25) is 0 Å². The third-order valence-electron chi connectivity index (χ3n) is 3.47. The van der Waals surface area contributed by atoms with Gasteiger partial charge < -0.3 is 14.5 Å². The number of nitrogens with one attached hydrogen (secondary N) is 1. The first-order valence-electron chi connectivity index (χ1n) is 7.63. The Bertz CT molecular complexity index is 719. The van der Waals surface area contributed by atoms with E-state index in [4.69, 9.17) is 9.47 Å². The molecule has 22 heavy (non-hydrogen) atoms. The van der Waals surface area contributed by atoms with Gasteiger partial charge in [-0.25, -0.2) is 4.98 Å². The number of nitrogens with zero attached hydrogens (tertiary/aromatic N) is 1. The Hall–Kier alpha value is -2.49. The van der Waals surface area contributed by atoms with Crippen molar-refractivity contribution in [2.45, 2.75) is 26.4 Å². The third-order valence-corrected chi connectivity index (χ3v) is 3.47. The first-order chi connectivity index (χ1) is 10.8. The maximum Gasteiger partial charge on any atom is 0.138 e. The molecule has 0 saturated heterocycles. The molecule has 0 unspecified atom stereocenters. The summed E-state index contributed by atoms with van der Waals surface area (Å²) in [4.78, 5) is 7.38. The lowest BCUT2D eigenvalue weighted by molar-refractivity contribution is 0.302. The molecule has 0 saturated carbocycles. The zero-order valence-corrected chi connectivity index (χ0v) is 12.7. The van der Waals surface area contributed by atoms with E-state index in [2.05, 4.69) is 16.9 Å². The Morgan fingerprint density at radius 1 is 1.05 bits per heavy atom. The van der Waals surface area contributed by atoms with E-state index < -0.39 is 0 Å². The summed E-state index contributed by atoms with van der Waals surface area (Å²) in [6.45, 7) is 3.45. The number of aromatic nitrogens is 2. The van der Waals surface area contributed by atoms with Crippen LogP contribution in [0.2, 0.25) is 0 Å². The third kappa shape index (κ3) is 3.58. The smallest absolute Gasteiger partial charge is 0.138 e. The Kier molecular flexibility index (Phi) is 4.59. The molecule has 0 fully saturated rings. The fourth-order valence-corrected chi connectivity index (χ4v) is 2.18. The second-order valence-electron chi connectivity index (χ2n) is 5.22. The first kappa shape index (κ1) is 14.4. The second-order valence-corrected chi connectivity index (χ2v) is 5.22. The van der Waals surface area contributed by atoms with Crippen LogP contribution in [0.3, 0.4) is 0 Å². The largest absolute Gasteiger partial charge is 0.494 e. The predicted octanol–water partition coefficient (Wildman–Crippen LogP) is 4.32. The minimum atomic E-state index is 0.521. The SMILES string of the molecule is CCCCOc1ccc(COc2cnc3[nH]ccc3c2)cc1. The first-order valence-corrected chi connectivity index (χ1v) is 7.63. The fourth-order valence-electron chi connectivity index (χ4n) is 2.18. The number of benzene rings is 1. The quantitative estimate of drug-likeness (QED) is 0.660. The molecule has 0 amide bonds. The van der Waals surface area contributed by atoms with E-state index in [0.29, 0.717) is 6.61 Å². The average molecular weight is 296 g/mol. The molecule has 3 rings (SSSR count). The van der Waals surface area contributed by atoms with Crippen LogP contribution in [0, 0.1) is 0 Å². The van der Waals surface area contributed by atoms with Crippen molar-refractivity contribution in [3.05, 3.63) is 54.4 Å². The lowest BCUT2D eigenvalue weighted by Crippen LogP contribution is -1.98. The molecule has 3 aromatic rings. The van der Waals surface area contributed by atoms with Crippen LogP contribution < -0.4 is 9.47 Å². The van der Waals surface area contributed by atoms with Gasteiger partial charge in [-0.05, 0) is 36.2 Å². The molecule has 0 aliphatic carbocycles. The number of hydrogen-bond acceptors (Lipinski definition) is 3. The lowest BCUT2D eigenvalue weighted by Gasteiger charge is -2.08. The summed E-state index contributed by atoms with van der Waals surface area (Å²) in [5, 5.41) is 1.05. The molecule has 114 valence electrons. The zero-order valence-electron chi connectivity index (χ0n) is 12.7. The van der Waals surface area contributed by atoms with Crippen molar-refractivity contribution in [3.63, 3.8) is 0 Å². The highest BCUT2D eigenvalue weighted by molar-refractivity contribution is 5.76. The van der Waals surface area contributed by atoms with Crippen molar-refractivity contribution < 1.29 is 9.47 Å². The van der Waals surface area contributed by atoms with Gasteiger partial charge in [-0.3, -0.25) is 0 Å². The standard InChI is InChI=1S/C18H20N2O2/c1-2-3-10-21-16-6-4-14(5-7-16)13-22-17-11-15-8-9-19-18(15)20-12-17/h4-9,11-12H,2-3,10,13H2,1H3,(H,19,20). The summed E-state index contributed by atoms with van der Waals surface area (Å²) >= 11 is 0. The molecule has 0 bridgehead atoms. The normalized spacial score (nSPS) is 10.8. The van der Waals surface area contributed by atoms with Gasteiger partial charge in [-0.1, -0.05) is 25.5 Å². The Morgan fingerprint density at radius 3 is 2.73 bits per heavy atom. The van der Waals surface area contributed by atoms with Crippen molar-refractivity contribution in [2.75, 3.05) is 6.61 Å². The lowest BCUT2D eigenvalue weighted by atomic mass is 10.2. The van der Waals surface area contributed by atoms with Crippen molar-refractivity contribution >= 4 is 11.0 Å². The van der Waals surface area contributed by atoms with Gasteiger partial charge >= 0.3 is 0 Å². The number of ether oxygens (including phenoxy) is 2. The zero-order chi connectivity index (χ0) is 15.2. The summed E-state index contributed by atoms with van der Waals surface area (Å²) in [6.07, 6.45) is 5.84. The summed E-state index contributed by atoms with van der Waals surface area (Å²) in [6, 6.07) is 12.0. The number of rotatable bonds is 7. The molecule has 0 aliphatic heterocycles. The van der Waals surface area contributed by atoms with Crippen LogP contribution in [0.5, 0.6) is 11.5 Å². The Balaban J connectivity index is 1.56. The minimum absolute atomic E-state index is 0.521. The minimum Gasteiger partial charge on any atom is -0.494 e. The van der Waals surface area contributed by atoms with E-state index in [1.165, 1.54) is 0 Å². The number of fused-ring (bicyclic) bond motifs is 1. The fraction of sp³-hybridized carbons (Fsp3) is 0.278. The van der Waals surface area contributed by atoms with Gasteiger partial charge in [0, 0.05) is 11.6 Å². The van der Waals surface area contributed by atoms with Crippen LogP contribution in [0.1, 0.15) is 25.3 Å². The van der Waals surface area contributed by atoms with Crippen LogP contribution in [-0.4, -0.2) is 16.6 Å². The van der Waals surface area contributed by atoms with E-state index in [1.54, 1.807) is 6.20 Å². The van der Waals surface area contributed by atoms with E-state index in [0.717, 1.165) is 47.5 Å². The van der Waals surface area contributed by atoms with Gasteiger partial charge in [0.25, 0.3) is 0 Å². The van der Waals surface area contributed by atoms with Crippen LogP contribution in [0.4, 0.5) is 0 Å². The maximum absolute atomic E-state index is 5.79. The molecule has 0 spiro atoms. The van der Waals surface area contributed by atoms with Crippen molar-refractivity contribution in [2.24, 2.45) is 0 Å². The molecule has 0 atom stereocenters. The summed E-state index contributed by atoms with van der Waals surface area (Å²) in [5.74, 6) is 1.68. The molecule has 4 nitrogen and oxygen atoms in total. The molecule has 1 N–H and O–H groups in total. The Morgan fingerprint density at radius 2 is 1.91 bits per heavy atom. The van der Waals surface area contributed by atoms with Gasteiger partial charge in [-0.2, -0.15) is 0 Å². The van der Waals surface area contributed by atoms with Crippen molar-refractivity contribution in [1.82, 2.24) is 9.97 Å². The summed E-state index contributed by atoms with van der Waals surface area (Å²) in [5.41, 5.74) is 1.98. The highest BCUT2D eigenvalue weighted by Gasteiger charge is 2.01. The van der Waals surface area contributed by atoms with E-state index in [1.807, 2.05) is 42.6 Å². The highest BCUT2D eigenvalue weighted by Crippen LogP contribution is 2.19. The van der Waals surface area contributed by atoms with Crippen LogP contribution in [0.15, 0.2) is 48.8 Å². The molecule has 4 heteroatoms. The molecular formula is C18H20N2O2. The number of pyridine rings is 1. The van der Waals surface area contributed by atoms with Gasteiger partial charge in [0.1, 0.15) is 23.8 Å². The number of hydrogen-bond donors (Lipinski definition) is 1. The highest BCUT2D eigenvalue weighted by atomic mass is 16.5. The molecular weight excluding hydrogens is 276 g/mol. The van der Waals surface area contributed by atoms with Crippen LogP contribution in [0.25, 0.3) is 11.0 Å². The van der Waals surface area contributed by atoms with E-state index in [9.17, 15) is 0 Å². The molecule has 2 heterocycles.